The topological polar surface area (TPSA) is 66.7 Å². The zero-order valence-electron chi connectivity index (χ0n) is 13.8. The quantitative estimate of drug-likeness (QED) is 0.484. The van der Waals surface area contributed by atoms with Crippen molar-refractivity contribution >= 4 is 22.8 Å². The summed E-state index contributed by atoms with van der Waals surface area (Å²) in [6, 6.07) is 11.1. The first kappa shape index (κ1) is 16.9. The Morgan fingerprint density at radius 3 is 2.20 bits per heavy atom. The van der Waals surface area contributed by atoms with Gasteiger partial charge in [-0.2, -0.15) is 0 Å². The van der Waals surface area contributed by atoms with E-state index in [1.54, 1.807) is 12.1 Å². The molecule has 0 aromatic heterocycles. The number of nitrogens with zero attached hydrogens (tertiary/aromatic N) is 3. The van der Waals surface area contributed by atoms with Crippen LogP contribution in [0.5, 0.6) is 0 Å². The van der Waals surface area contributed by atoms with Crippen molar-refractivity contribution in [2.75, 3.05) is 36.0 Å². The molecule has 0 spiro atoms. The van der Waals surface area contributed by atoms with Crippen LogP contribution in [0.4, 0.5) is 21.5 Å². The van der Waals surface area contributed by atoms with Crippen LogP contribution in [-0.4, -0.2) is 36.9 Å². The Kier molecular flexibility index (Phi) is 4.65. The second kappa shape index (κ2) is 6.88. The highest BCUT2D eigenvalue weighted by molar-refractivity contribution is 5.94. The minimum Gasteiger partial charge on any atom is -0.368 e. The van der Waals surface area contributed by atoms with Crippen LogP contribution in [0.3, 0.4) is 0 Å². The predicted octanol–water partition coefficient (Wildman–Crippen LogP) is 3.26. The second-order valence-corrected chi connectivity index (χ2v) is 5.97. The Morgan fingerprint density at radius 2 is 1.64 bits per heavy atom. The molecule has 130 valence electrons. The van der Waals surface area contributed by atoms with E-state index in [1.807, 2.05) is 17.0 Å². The number of carbonyl (C=O) groups excluding carboxylic acids is 1. The number of ketones is 1. The van der Waals surface area contributed by atoms with Crippen molar-refractivity contribution in [3.63, 3.8) is 0 Å². The number of carbonyl (C=O) groups is 1. The summed E-state index contributed by atoms with van der Waals surface area (Å²) in [5.74, 6) is -0.584. The van der Waals surface area contributed by atoms with Crippen LogP contribution in [0, 0.1) is 15.9 Å². The maximum atomic E-state index is 13.3. The van der Waals surface area contributed by atoms with E-state index in [1.165, 1.54) is 19.1 Å². The van der Waals surface area contributed by atoms with Crippen LogP contribution < -0.4 is 9.80 Å². The van der Waals surface area contributed by atoms with Crippen molar-refractivity contribution in [3.05, 3.63) is 64.0 Å². The minimum absolute atomic E-state index is 0.0278. The number of hydrogen-bond acceptors (Lipinski definition) is 5. The molecule has 1 heterocycles. The van der Waals surface area contributed by atoms with Crippen LogP contribution in [0.15, 0.2) is 42.5 Å². The largest absolute Gasteiger partial charge is 0.368 e. The highest BCUT2D eigenvalue weighted by Gasteiger charge is 2.24. The number of Topliss-reactive ketones (excluding diaryl/α,β-unsaturated/α-hetero) is 1. The number of halogens is 1. The number of rotatable bonds is 4. The van der Waals surface area contributed by atoms with Gasteiger partial charge in [-0.3, -0.25) is 14.9 Å². The van der Waals surface area contributed by atoms with E-state index >= 15 is 0 Å². The van der Waals surface area contributed by atoms with Crippen LogP contribution in [-0.2, 0) is 0 Å². The lowest BCUT2D eigenvalue weighted by Gasteiger charge is -2.37. The van der Waals surface area contributed by atoms with E-state index in [-0.39, 0.29) is 11.5 Å². The molecule has 0 N–H and O–H groups in total. The molecule has 0 bridgehead atoms. The first-order valence-electron chi connectivity index (χ1n) is 8.00. The summed E-state index contributed by atoms with van der Waals surface area (Å²) < 4.78 is 13.3. The van der Waals surface area contributed by atoms with E-state index in [0.29, 0.717) is 37.4 Å². The third-order valence-electron chi connectivity index (χ3n) is 4.39. The predicted molar refractivity (Wildman–Crippen MR) is 93.9 cm³/mol. The average molecular weight is 343 g/mol. The zero-order valence-corrected chi connectivity index (χ0v) is 13.8. The fraction of sp³-hybridized carbons (Fsp3) is 0.278. The molecule has 0 aliphatic carbocycles. The van der Waals surface area contributed by atoms with Gasteiger partial charge in [-0.1, -0.05) is 0 Å². The van der Waals surface area contributed by atoms with Crippen molar-refractivity contribution in [1.82, 2.24) is 0 Å². The fourth-order valence-corrected chi connectivity index (χ4v) is 3.02. The smallest absolute Gasteiger partial charge is 0.295 e. The standard InChI is InChI=1S/C18H18FN3O3/c1-13(23)14-2-5-16(6-3-14)20-8-10-21(11-9-20)17-7-4-15(19)12-18(17)22(24)25/h2-7,12H,8-11H2,1H3. The van der Waals surface area contributed by atoms with Gasteiger partial charge in [0.1, 0.15) is 11.5 Å². The van der Waals surface area contributed by atoms with Gasteiger partial charge < -0.3 is 9.80 Å². The van der Waals surface area contributed by atoms with Gasteiger partial charge in [0.2, 0.25) is 0 Å². The van der Waals surface area contributed by atoms with Gasteiger partial charge in [-0.25, -0.2) is 4.39 Å². The van der Waals surface area contributed by atoms with Crippen molar-refractivity contribution in [3.8, 4) is 0 Å². The molecule has 0 atom stereocenters. The summed E-state index contributed by atoms with van der Waals surface area (Å²) in [7, 11) is 0. The Balaban J connectivity index is 1.72. The summed E-state index contributed by atoms with van der Waals surface area (Å²) in [5.41, 5.74) is 1.92. The zero-order chi connectivity index (χ0) is 18.0. The van der Waals surface area contributed by atoms with E-state index in [9.17, 15) is 19.3 Å². The molecule has 1 fully saturated rings. The summed E-state index contributed by atoms with van der Waals surface area (Å²) in [5, 5.41) is 11.2. The highest BCUT2D eigenvalue weighted by atomic mass is 19.1. The summed E-state index contributed by atoms with van der Waals surface area (Å²) in [4.78, 5) is 26.0. The molecule has 6 nitrogen and oxygen atoms in total. The molecule has 0 saturated carbocycles. The molecule has 0 radical (unpaired) electrons. The van der Waals surface area contributed by atoms with Crippen molar-refractivity contribution < 1.29 is 14.1 Å². The third kappa shape index (κ3) is 3.60. The van der Waals surface area contributed by atoms with Gasteiger partial charge in [-0.05, 0) is 43.3 Å². The Morgan fingerprint density at radius 1 is 1.04 bits per heavy atom. The lowest BCUT2D eigenvalue weighted by molar-refractivity contribution is -0.384. The SMILES string of the molecule is CC(=O)c1ccc(N2CCN(c3ccc(F)cc3[N+](=O)[O-])CC2)cc1. The van der Waals surface area contributed by atoms with Gasteiger partial charge in [0.15, 0.2) is 5.78 Å². The average Bonchev–Trinajstić information content (AvgIpc) is 2.62. The normalized spacial score (nSPS) is 14.5. The molecule has 2 aromatic carbocycles. The van der Waals surface area contributed by atoms with Gasteiger partial charge in [0.25, 0.3) is 5.69 Å². The van der Waals surface area contributed by atoms with Gasteiger partial charge in [0.05, 0.1) is 11.0 Å². The van der Waals surface area contributed by atoms with Gasteiger partial charge in [0, 0.05) is 37.4 Å². The molecule has 1 aliphatic rings. The van der Waals surface area contributed by atoms with E-state index < -0.39 is 10.7 Å². The maximum Gasteiger partial charge on any atom is 0.295 e. The lowest BCUT2D eigenvalue weighted by atomic mass is 10.1. The molecule has 1 saturated heterocycles. The summed E-state index contributed by atoms with van der Waals surface area (Å²) >= 11 is 0. The third-order valence-corrected chi connectivity index (χ3v) is 4.39. The molecular formula is C18H18FN3O3. The molecule has 2 aromatic rings. The minimum atomic E-state index is -0.611. The van der Waals surface area contributed by atoms with Gasteiger partial charge >= 0.3 is 0 Å². The van der Waals surface area contributed by atoms with E-state index in [0.717, 1.165) is 11.8 Å². The lowest BCUT2D eigenvalue weighted by Crippen LogP contribution is -2.46. The van der Waals surface area contributed by atoms with Gasteiger partial charge in [-0.15, -0.1) is 0 Å². The Bertz CT molecular complexity index is 800. The molecular weight excluding hydrogens is 325 g/mol. The Labute approximate surface area is 144 Å². The number of benzene rings is 2. The maximum absolute atomic E-state index is 13.3. The molecule has 7 heteroatoms. The number of nitro benzene ring substituents is 1. The van der Waals surface area contributed by atoms with Crippen LogP contribution in [0.25, 0.3) is 0 Å². The fourth-order valence-electron chi connectivity index (χ4n) is 3.02. The number of anilines is 2. The molecule has 3 rings (SSSR count). The second-order valence-electron chi connectivity index (χ2n) is 5.97. The van der Waals surface area contributed by atoms with Crippen LogP contribution in [0.2, 0.25) is 0 Å². The molecule has 0 unspecified atom stereocenters. The monoisotopic (exact) mass is 343 g/mol. The van der Waals surface area contributed by atoms with E-state index in [2.05, 4.69) is 4.90 Å². The van der Waals surface area contributed by atoms with Crippen molar-refractivity contribution in [1.29, 1.82) is 0 Å². The van der Waals surface area contributed by atoms with Crippen molar-refractivity contribution in [2.24, 2.45) is 0 Å². The van der Waals surface area contributed by atoms with Crippen LogP contribution >= 0.6 is 0 Å². The van der Waals surface area contributed by atoms with Crippen LogP contribution in [0.1, 0.15) is 17.3 Å². The molecule has 1 aliphatic heterocycles. The number of piperazine rings is 1. The molecule has 25 heavy (non-hydrogen) atoms. The summed E-state index contributed by atoms with van der Waals surface area (Å²) in [6.07, 6.45) is 0. The Hall–Kier alpha value is -2.96. The first-order chi connectivity index (χ1) is 12.0. The number of hydrogen-bond donors (Lipinski definition) is 0. The molecule has 0 amide bonds. The summed E-state index contributed by atoms with van der Waals surface area (Å²) in [6.45, 7) is 4.10. The highest BCUT2D eigenvalue weighted by Crippen LogP contribution is 2.30. The first-order valence-corrected chi connectivity index (χ1v) is 8.00. The van der Waals surface area contributed by atoms with E-state index in [4.69, 9.17) is 0 Å². The number of nitro groups is 1. The van der Waals surface area contributed by atoms with Crippen molar-refractivity contribution in [2.45, 2.75) is 6.92 Å².